The van der Waals surface area contributed by atoms with Crippen LogP contribution in [0.1, 0.15) is 28.6 Å². The summed E-state index contributed by atoms with van der Waals surface area (Å²) in [6.07, 6.45) is -3.34. The number of anilines is 2. The monoisotopic (exact) mass is 461 g/mol. The van der Waals surface area contributed by atoms with Crippen molar-refractivity contribution in [2.45, 2.75) is 26.3 Å². The van der Waals surface area contributed by atoms with Crippen LogP contribution in [0.2, 0.25) is 0 Å². The number of carbonyl (C=O) groups is 2. The molecule has 2 aromatic heterocycles. The molecule has 0 bridgehead atoms. The van der Waals surface area contributed by atoms with E-state index >= 15 is 0 Å². The minimum atomic E-state index is -4.83. The number of aryl methyl sites for hydroxylation is 2. The van der Waals surface area contributed by atoms with Gasteiger partial charge in [-0.2, -0.15) is 0 Å². The second-order valence-electron chi connectivity index (χ2n) is 7.25. The van der Waals surface area contributed by atoms with Gasteiger partial charge in [-0.25, -0.2) is 9.78 Å². The average Bonchev–Trinajstić information content (AvgIpc) is 3.08. The molecular formula is C21H18F3N5O4. The third-order valence-electron chi connectivity index (χ3n) is 4.96. The fourth-order valence-corrected chi connectivity index (χ4v) is 3.57. The molecule has 4 rings (SSSR count). The van der Waals surface area contributed by atoms with Crippen molar-refractivity contribution < 1.29 is 32.0 Å². The van der Waals surface area contributed by atoms with Crippen molar-refractivity contribution in [2.24, 2.45) is 0 Å². The maximum atomic E-state index is 13.2. The molecule has 0 spiro atoms. The Hall–Kier alpha value is -4.09. The van der Waals surface area contributed by atoms with Gasteiger partial charge in [-0.05, 0) is 43.7 Å². The summed E-state index contributed by atoms with van der Waals surface area (Å²) in [4.78, 5) is 30.7. The molecule has 3 aromatic rings. The lowest BCUT2D eigenvalue weighted by molar-refractivity contribution is -0.274. The van der Waals surface area contributed by atoms with Crippen LogP contribution in [0.3, 0.4) is 0 Å². The van der Waals surface area contributed by atoms with Gasteiger partial charge in [0.1, 0.15) is 18.1 Å². The van der Waals surface area contributed by atoms with Crippen molar-refractivity contribution in [2.75, 3.05) is 16.8 Å². The van der Waals surface area contributed by atoms with E-state index in [4.69, 9.17) is 4.52 Å². The molecule has 0 fully saturated rings. The molecular weight excluding hydrogens is 443 g/mol. The number of carbonyl (C=O) groups excluding carboxylic acids is 2. The standard InChI is InChI=1S/C21H18F3N5O4/c1-11-17(12(2)33-28-11)18(13-5-7-14(8-6-13)32-21(22,23)24)27-20(31)29-10-16(30)26-15-4-3-9-25-19(15)29/h3-9,18H,10H2,1-2H3,(H,26,30)(H,27,31). The van der Waals surface area contributed by atoms with Crippen LogP contribution < -0.4 is 20.3 Å². The van der Waals surface area contributed by atoms with Gasteiger partial charge in [-0.1, -0.05) is 17.3 Å². The van der Waals surface area contributed by atoms with Crippen LogP contribution in [0, 0.1) is 13.8 Å². The number of amides is 3. The third-order valence-corrected chi connectivity index (χ3v) is 4.96. The molecule has 1 aliphatic rings. The first-order chi connectivity index (χ1) is 15.6. The van der Waals surface area contributed by atoms with E-state index in [1.165, 1.54) is 23.2 Å². The Morgan fingerprint density at radius 2 is 1.97 bits per heavy atom. The first-order valence-electron chi connectivity index (χ1n) is 9.74. The summed E-state index contributed by atoms with van der Waals surface area (Å²) in [6, 6.07) is 6.85. The molecule has 172 valence electrons. The largest absolute Gasteiger partial charge is 0.573 e. The van der Waals surface area contributed by atoms with Crippen molar-refractivity contribution in [1.82, 2.24) is 15.5 Å². The van der Waals surface area contributed by atoms with Gasteiger partial charge >= 0.3 is 12.4 Å². The van der Waals surface area contributed by atoms with Crippen molar-refractivity contribution in [3.05, 3.63) is 65.2 Å². The highest BCUT2D eigenvalue weighted by molar-refractivity contribution is 6.08. The molecule has 0 aliphatic carbocycles. The summed E-state index contributed by atoms with van der Waals surface area (Å²) in [5.74, 6) is -0.113. The van der Waals surface area contributed by atoms with Crippen LogP contribution in [0.25, 0.3) is 0 Å². The van der Waals surface area contributed by atoms with E-state index < -0.39 is 30.1 Å². The predicted octanol–water partition coefficient (Wildman–Crippen LogP) is 3.84. The number of hydrogen-bond acceptors (Lipinski definition) is 6. The summed E-state index contributed by atoms with van der Waals surface area (Å²) in [5.41, 5.74) is 1.86. The number of pyridine rings is 1. The van der Waals surface area contributed by atoms with Gasteiger partial charge in [-0.3, -0.25) is 9.69 Å². The SMILES string of the molecule is Cc1noc(C)c1C(NC(=O)N1CC(=O)Nc2cccnc21)c1ccc(OC(F)(F)F)cc1. The zero-order chi connectivity index (χ0) is 23.8. The molecule has 0 saturated heterocycles. The van der Waals surface area contributed by atoms with E-state index in [9.17, 15) is 22.8 Å². The summed E-state index contributed by atoms with van der Waals surface area (Å²) in [5, 5.41) is 9.37. The maximum Gasteiger partial charge on any atom is 0.573 e. The number of halogens is 3. The lowest BCUT2D eigenvalue weighted by Crippen LogP contribution is -2.48. The zero-order valence-corrected chi connectivity index (χ0v) is 17.4. The Morgan fingerprint density at radius 1 is 1.24 bits per heavy atom. The lowest BCUT2D eigenvalue weighted by Gasteiger charge is -2.30. The fraction of sp³-hybridized carbons (Fsp3) is 0.238. The molecule has 1 atom stereocenters. The smallest absolute Gasteiger partial charge is 0.406 e. The molecule has 1 aromatic carbocycles. The number of ether oxygens (including phenoxy) is 1. The highest BCUT2D eigenvalue weighted by Gasteiger charge is 2.33. The lowest BCUT2D eigenvalue weighted by atomic mass is 9.97. The van der Waals surface area contributed by atoms with Crippen LogP contribution in [-0.2, 0) is 4.79 Å². The number of nitrogens with zero attached hydrogens (tertiary/aromatic N) is 3. The third kappa shape index (κ3) is 4.73. The Balaban J connectivity index is 1.67. The topological polar surface area (TPSA) is 110 Å². The molecule has 0 radical (unpaired) electrons. The highest BCUT2D eigenvalue weighted by atomic mass is 19.4. The number of rotatable bonds is 4. The van der Waals surface area contributed by atoms with E-state index in [1.54, 1.807) is 26.0 Å². The van der Waals surface area contributed by atoms with E-state index in [1.807, 2.05) is 0 Å². The molecule has 12 heteroatoms. The van der Waals surface area contributed by atoms with Crippen LogP contribution in [0.15, 0.2) is 47.1 Å². The van der Waals surface area contributed by atoms with E-state index in [0.29, 0.717) is 28.3 Å². The Labute approximate surface area is 185 Å². The second kappa shape index (κ2) is 8.45. The number of fused-ring (bicyclic) bond motifs is 1. The quantitative estimate of drug-likeness (QED) is 0.611. The molecule has 3 amide bonds. The summed E-state index contributed by atoms with van der Waals surface area (Å²) >= 11 is 0. The molecule has 9 nitrogen and oxygen atoms in total. The number of nitrogens with one attached hydrogen (secondary N) is 2. The Kier molecular flexibility index (Phi) is 5.66. The number of benzene rings is 1. The Morgan fingerprint density at radius 3 is 2.61 bits per heavy atom. The fourth-order valence-electron chi connectivity index (χ4n) is 3.57. The number of alkyl halides is 3. The number of hydrogen-bond donors (Lipinski definition) is 2. The normalized spacial score (nSPS) is 14.3. The molecule has 3 heterocycles. The van der Waals surface area contributed by atoms with Gasteiger partial charge in [0.25, 0.3) is 0 Å². The van der Waals surface area contributed by atoms with E-state index in [-0.39, 0.29) is 12.4 Å². The summed E-state index contributed by atoms with van der Waals surface area (Å²) in [6.45, 7) is 3.07. The van der Waals surface area contributed by atoms with Gasteiger partial charge < -0.3 is 19.9 Å². The van der Waals surface area contributed by atoms with Crippen molar-refractivity contribution in [3.8, 4) is 5.75 Å². The molecule has 2 N–H and O–H groups in total. The van der Waals surface area contributed by atoms with Gasteiger partial charge in [-0.15, -0.1) is 13.2 Å². The van der Waals surface area contributed by atoms with E-state index in [0.717, 1.165) is 12.1 Å². The minimum absolute atomic E-state index is 0.261. The van der Waals surface area contributed by atoms with Crippen molar-refractivity contribution >= 4 is 23.4 Å². The number of aromatic nitrogens is 2. The predicted molar refractivity (Wildman–Crippen MR) is 110 cm³/mol. The van der Waals surface area contributed by atoms with Gasteiger partial charge in [0.2, 0.25) is 5.91 Å². The number of urea groups is 1. The van der Waals surface area contributed by atoms with Gasteiger partial charge in [0.05, 0.1) is 17.4 Å². The zero-order valence-electron chi connectivity index (χ0n) is 17.4. The molecule has 33 heavy (non-hydrogen) atoms. The van der Waals surface area contributed by atoms with Crippen molar-refractivity contribution in [1.29, 1.82) is 0 Å². The maximum absolute atomic E-state index is 13.2. The molecule has 1 unspecified atom stereocenters. The van der Waals surface area contributed by atoms with Crippen molar-refractivity contribution in [3.63, 3.8) is 0 Å². The van der Waals surface area contributed by atoms with Gasteiger partial charge in [0.15, 0.2) is 5.82 Å². The highest BCUT2D eigenvalue weighted by Crippen LogP contribution is 2.32. The second-order valence-corrected chi connectivity index (χ2v) is 7.25. The summed E-state index contributed by atoms with van der Waals surface area (Å²) < 4.78 is 46.7. The van der Waals surface area contributed by atoms with Crippen LogP contribution >= 0.6 is 0 Å². The van der Waals surface area contributed by atoms with Crippen LogP contribution in [-0.4, -0.2) is 35.0 Å². The first-order valence-corrected chi connectivity index (χ1v) is 9.74. The minimum Gasteiger partial charge on any atom is -0.406 e. The van der Waals surface area contributed by atoms with Crippen LogP contribution in [0.4, 0.5) is 29.5 Å². The van der Waals surface area contributed by atoms with Crippen LogP contribution in [0.5, 0.6) is 5.75 Å². The van der Waals surface area contributed by atoms with Gasteiger partial charge in [0, 0.05) is 11.8 Å². The van der Waals surface area contributed by atoms with E-state index in [2.05, 4.69) is 25.5 Å². The molecule has 0 saturated carbocycles. The average molecular weight is 461 g/mol. The molecule has 1 aliphatic heterocycles. The summed E-state index contributed by atoms with van der Waals surface area (Å²) in [7, 11) is 0. The Bertz CT molecular complexity index is 1170. The first kappa shape index (κ1) is 22.1.